The van der Waals surface area contributed by atoms with E-state index in [1.165, 1.54) is 70.6 Å². The average Bonchev–Trinajstić information content (AvgIpc) is 2.28. The molecule has 0 unspecified atom stereocenters. The minimum atomic E-state index is 1.07. The van der Waals surface area contributed by atoms with Crippen molar-refractivity contribution in [2.75, 3.05) is 0 Å². The molecule has 0 nitrogen and oxygen atoms in total. The lowest BCUT2D eigenvalue weighted by Crippen LogP contribution is -2.07. The highest BCUT2D eigenvalue weighted by Crippen LogP contribution is 2.29. The molecule has 1 aliphatic carbocycles. The SMILES string of the molecule is CCCCC[C](C)CCC1CCCCC1. The smallest absolute Gasteiger partial charge is 0.0272 e. The van der Waals surface area contributed by atoms with Gasteiger partial charge in [-0.05, 0) is 31.1 Å². The molecule has 0 atom stereocenters. The van der Waals surface area contributed by atoms with Gasteiger partial charge in [0.25, 0.3) is 0 Å². The van der Waals surface area contributed by atoms with Gasteiger partial charge in [0.1, 0.15) is 0 Å². The molecule has 0 saturated heterocycles. The standard InChI is InChI=1S/C15H29/c1-3-4-6-9-14(2)12-13-15-10-7-5-8-11-15/h15H,3-13H2,1-2H3. The molecule has 0 heteroatoms. The lowest BCUT2D eigenvalue weighted by molar-refractivity contribution is 0.332. The number of rotatable bonds is 7. The molecule has 1 radical (unpaired) electrons. The highest BCUT2D eigenvalue weighted by Gasteiger charge is 2.14. The molecule has 0 aromatic rings. The van der Waals surface area contributed by atoms with E-state index in [-0.39, 0.29) is 0 Å². The third-order valence-corrected chi connectivity index (χ3v) is 3.91. The van der Waals surface area contributed by atoms with Crippen LogP contribution >= 0.6 is 0 Å². The molecule has 0 aromatic heterocycles. The van der Waals surface area contributed by atoms with Crippen molar-refractivity contribution in [3.63, 3.8) is 0 Å². The van der Waals surface area contributed by atoms with Gasteiger partial charge in [0.2, 0.25) is 0 Å². The Kier molecular flexibility index (Phi) is 7.13. The van der Waals surface area contributed by atoms with Crippen LogP contribution in [0.5, 0.6) is 0 Å². The predicted octanol–water partition coefficient (Wildman–Crippen LogP) is 5.52. The molecule has 1 saturated carbocycles. The molecule has 15 heavy (non-hydrogen) atoms. The zero-order valence-electron chi connectivity index (χ0n) is 10.9. The molecule has 0 spiro atoms. The summed E-state index contributed by atoms with van der Waals surface area (Å²) in [6.45, 7) is 4.66. The van der Waals surface area contributed by atoms with Gasteiger partial charge in [0.15, 0.2) is 0 Å². The Hall–Kier alpha value is 0. The van der Waals surface area contributed by atoms with Crippen molar-refractivity contribution in [3.05, 3.63) is 5.92 Å². The van der Waals surface area contributed by atoms with Gasteiger partial charge in [-0.2, -0.15) is 0 Å². The highest BCUT2D eigenvalue weighted by atomic mass is 14.2. The highest BCUT2D eigenvalue weighted by molar-refractivity contribution is 4.84. The third-order valence-electron chi connectivity index (χ3n) is 3.91. The molecule has 0 N–H and O–H groups in total. The summed E-state index contributed by atoms with van der Waals surface area (Å²) in [5.74, 6) is 2.83. The minimum Gasteiger partial charge on any atom is -0.0654 e. The van der Waals surface area contributed by atoms with E-state index in [2.05, 4.69) is 13.8 Å². The van der Waals surface area contributed by atoms with E-state index in [1.54, 1.807) is 5.92 Å². The zero-order chi connectivity index (χ0) is 10.9. The van der Waals surface area contributed by atoms with Crippen LogP contribution in [0.4, 0.5) is 0 Å². The summed E-state index contributed by atoms with van der Waals surface area (Å²) >= 11 is 0. The fourth-order valence-electron chi connectivity index (χ4n) is 2.73. The molecule has 0 aromatic carbocycles. The second-order valence-electron chi connectivity index (χ2n) is 5.46. The van der Waals surface area contributed by atoms with E-state index in [9.17, 15) is 0 Å². The van der Waals surface area contributed by atoms with Gasteiger partial charge < -0.3 is 0 Å². The molecule has 0 aliphatic heterocycles. The maximum Gasteiger partial charge on any atom is -0.0272 e. The van der Waals surface area contributed by atoms with E-state index < -0.39 is 0 Å². The Balaban J connectivity index is 1.97. The quantitative estimate of drug-likeness (QED) is 0.484. The van der Waals surface area contributed by atoms with Gasteiger partial charge in [-0.3, -0.25) is 0 Å². The van der Waals surface area contributed by atoms with Crippen molar-refractivity contribution in [3.8, 4) is 0 Å². The van der Waals surface area contributed by atoms with Crippen molar-refractivity contribution in [2.45, 2.75) is 84.5 Å². The summed E-state index contributed by atoms with van der Waals surface area (Å²) in [4.78, 5) is 0. The first-order chi connectivity index (χ1) is 7.33. The number of hydrogen-bond donors (Lipinski definition) is 0. The van der Waals surface area contributed by atoms with Crippen molar-refractivity contribution in [2.24, 2.45) is 5.92 Å². The lowest BCUT2D eigenvalue weighted by Gasteiger charge is -2.22. The van der Waals surface area contributed by atoms with E-state index in [4.69, 9.17) is 0 Å². The first-order valence-electron chi connectivity index (χ1n) is 7.14. The van der Waals surface area contributed by atoms with Crippen LogP contribution in [-0.2, 0) is 0 Å². The summed E-state index contributed by atoms with van der Waals surface area (Å²) in [7, 11) is 0. The van der Waals surface area contributed by atoms with Gasteiger partial charge in [-0.15, -0.1) is 0 Å². The van der Waals surface area contributed by atoms with Crippen molar-refractivity contribution < 1.29 is 0 Å². The maximum absolute atomic E-state index is 2.37. The van der Waals surface area contributed by atoms with Crippen LogP contribution in [0.15, 0.2) is 0 Å². The number of hydrogen-bond acceptors (Lipinski definition) is 0. The van der Waals surface area contributed by atoms with Crippen molar-refractivity contribution in [1.82, 2.24) is 0 Å². The van der Waals surface area contributed by atoms with Crippen LogP contribution < -0.4 is 0 Å². The van der Waals surface area contributed by atoms with Gasteiger partial charge >= 0.3 is 0 Å². The second-order valence-corrected chi connectivity index (χ2v) is 5.46. The molecular weight excluding hydrogens is 180 g/mol. The molecule has 1 rings (SSSR count). The Morgan fingerprint density at radius 1 is 1.00 bits per heavy atom. The van der Waals surface area contributed by atoms with Crippen LogP contribution in [-0.4, -0.2) is 0 Å². The normalized spacial score (nSPS) is 18.6. The van der Waals surface area contributed by atoms with E-state index >= 15 is 0 Å². The first-order valence-corrected chi connectivity index (χ1v) is 7.14. The molecule has 1 aliphatic rings. The first kappa shape index (κ1) is 13.1. The molecule has 0 bridgehead atoms. The Morgan fingerprint density at radius 3 is 2.40 bits per heavy atom. The summed E-state index contributed by atoms with van der Waals surface area (Å²) in [6.07, 6.45) is 16.0. The van der Waals surface area contributed by atoms with Crippen LogP contribution in [0, 0.1) is 11.8 Å². The molecule has 0 heterocycles. The monoisotopic (exact) mass is 209 g/mol. The van der Waals surface area contributed by atoms with Gasteiger partial charge in [-0.1, -0.05) is 65.2 Å². The predicted molar refractivity (Wildman–Crippen MR) is 68.9 cm³/mol. The summed E-state index contributed by atoms with van der Waals surface area (Å²) in [5.41, 5.74) is 0. The Morgan fingerprint density at radius 2 is 1.73 bits per heavy atom. The Bertz CT molecular complexity index is 133. The van der Waals surface area contributed by atoms with Crippen LogP contribution in [0.3, 0.4) is 0 Å². The largest absolute Gasteiger partial charge is 0.0654 e. The fraction of sp³-hybridized carbons (Fsp3) is 0.933. The van der Waals surface area contributed by atoms with Gasteiger partial charge in [0.05, 0.1) is 0 Å². The summed E-state index contributed by atoms with van der Waals surface area (Å²) in [5, 5.41) is 0. The van der Waals surface area contributed by atoms with Crippen molar-refractivity contribution >= 4 is 0 Å². The van der Waals surface area contributed by atoms with Gasteiger partial charge in [0, 0.05) is 0 Å². The van der Waals surface area contributed by atoms with Crippen molar-refractivity contribution in [1.29, 1.82) is 0 Å². The van der Waals surface area contributed by atoms with Crippen LogP contribution in [0.25, 0.3) is 0 Å². The van der Waals surface area contributed by atoms with Gasteiger partial charge in [-0.25, -0.2) is 0 Å². The topological polar surface area (TPSA) is 0 Å². The lowest BCUT2D eigenvalue weighted by atomic mass is 9.84. The fourth-order valence-corrected chi connectivity index (χ4v) is 2.73. The summed E-state index contributed by atoms with van der Waals surface area (Å²) in [6, 6.07) is 0. The van der Waals surface area contributed by atoms with E-state index in [0.29, 0.717) is 0 Å². The Labute approximate surface area is 96.8 Å². The molecule has 0 amide bonds. The third kappa shape index (κ3) is 6.22. The van der Waals surface area contributed by atoms with Crippen LogP contribution in [0.1, 0.15) is 84.5 Å². The minimum absolute atomic E-state index is 1.07. The van der Waals surface area contributed by atoms with Crippen LogP contribution in [0.2, 0.25) is 0 Å². The maximum atomic E-state index is 2.37. The van der Waals surface area contributed by atoms with E-state index in [0.717, 1.165) is 5.92 Å². The summed E-state index contributed by atoms with van der Waals surface area (Å²) < 4.78 is 0. The second kappa shape index (κ2) is 8.19. The molecular formula is C15H29. The van der Waals surface area contributed by atoms with E-state index in [1.807, 2.05) is 0 Å². The number of unbranched alkanes of at least 4 members (excludes halogenated alkanes) is 2. The molecule has 89 valence electrons. The average molecular weight is 209 g/mol. The zero-order valence-corrected chi connectivity index (χ0v) is 10.9. The molecule has 1 fully saturated rings.